The van der Waals surface area contributed by atoms with Crippen molar-refractivity contribution in [2.24, 2.45) is 0 Å². The van der Waals surface area contributed by atoms with E-state index in [4.69, 9.17) is 4.74 Å². The molecule has 1 aromatic heterocycles. The Kier molecular flexibility index (Phi) is 4.59. The zero-order chi connectivity index (χ0) is 12.8. The Bertz CT molecular complexity index is 502. The third kappa shape index (κ3) is 3.74. The number of nitrogens with one attached hydrogen (secondary N) is 1. The van der Waals surface area contributed by atoms with Crippen molar-refractivity contribution in [1.82, 2.24) is 4.98 Å². The lowest BCUT2D eigenvalue weighted by Gasteiger charge is -2.09. The number of nitrogens with zero attached hydrogens (tertiary/aromatic N) is 1. The molecule has 1 N–H and O–H groups in total. The first-order valence-corrected chi connectivity index (χ1v) is 6.59. The largest absolute Gasteiger partial charge is 0.492 e. The van der Waals surface area contributed by atoms with E-state index in [-0.39, 0.29) is 0 Å². The quantitative estimate of drug-likeness (QED) is 0.856. The van der Waals surface area contributed by atoms with Crippen LogP contribution in [0.25, 0.3) is 0 Å². The van der Waals surface area contributed by atoms with Crippen LogP contribution in [0.3, 0.4) is 0 Å². The minimum atomic E-state index is 0.609. The van der Waals surface area contributed by atoms with Gasteiger partial charge in [0.25, 0.3) is 0 Å². The lowest BCUT2D eigenvalue weighted by atomic mass is 10.2. The molecule has 0 bridgehead atoms. The number of anilines is 1. The van der Waals surface area contributed by atoms with E-state index in [1.807, 2.05) is 43.3 Å². The first-order chi connectivity index (χ1) is 8.75. The second kappa shape index (κ2) is 6.40. The third-order valence-corrected chi connectivity index (χ3v) is 3.36. The minimum Gasteiger partial charge on any atom is -0.492 e. The fourth-order valence-corrected chi connectivity index (χ4v) is 1.77. The number of pyridine rings is 1. The van der Waals surface area contributed by atoms with Crippen LogP contribution >= 0.6 is 15.9 Å². The molecule has 0 aliphatic carbocycles. The average Bonchev–Trinajstić information content (AvgIpc) is 2.40. The van der Waals surface area contributed by atoms with Gasteiger partial charge >= 0.3 is 0 Å². The summed E-state index contributed by atoms with van der Waals surface area (Å²) < 4.78 is 6.75. The first-order valence-electron chi connectivity index (χ1n) is 5.79. The van der Waals surface area contributed by atoms with Gasteiger partial charge in [0.05, 0.1) is 6.54 Å². The molecule has 0 saturated carbocycles. The number of benzene rings is 1. The van der Waals surface area contributed by atoms with E-state index in [9.17, 15) is 0 Å². The van der Waals surface area contributed by atoms with Crippen LogP contribution in [0.1, 0.15) is 5.56 Å². The van der Waals surface area contributed by atoms with Crippen molar-refractivity contribution in [3.63, 3.8) is 0 Å². The number of rotatable bonds is 5. The molecule has 1 heterocycles. The Hall–Kier alpha value is -1.55. The van der Waals surface area contributed by atoms with Crippen LogP contribution < -0.4 is 10.1 Å². The maximum atomic E-state index is 5.65. The van der Waals surface area contributed by atoms with E-state index in [1.165, 1.54) is 5.56 Å². The van der Waals surface area contributed by atoms with E-state index in [0.717, 1.165) is 22.6 Å². The summed E-state index contributed by atoms with van der Waals surface area (Å²) in [6.45, 7) is 3.38. The van der Waals surface area contributed by atoms with Gasteiger partial charge in [-0.25, -0.2) is 4.98 Å². The van der Waals surface area contributed by atoms with Gasteiger partial charge in [0.15, 0.2) is 0 Å². The normalized spacial score (nSPS) is 10.1. The van der Waals surface area contributed by atoms with Gasteiger partial charge in [0, 0.05) is 10.7 Å². The van der Waals surface area contributed by atoms with Gasteiger partial charge in [0.1, 0.15) is 18.2 Å². The van der Waals surface area contributed by atoms with E-state index in [1.54, 1.807) is 6.20 Å². The van der Waals surface area contributed by atoms with Crippen molar-refractivity contribution in [3.05, 3.63) is 52.6 Å². The molecule has 4 heteroatoms. The number of halogens is 1. The number of hydrogen-bond acceptors (Lipinski definition) is 3. The van der Waals surface area contributed by atoms with Gasteiger partial charge in [-0.05, 0) is 42.8 Å². The molecular formula is C14H15BrN2O. The van der Waals surface area contributed by atoms with Crippen molar-refractivity contribution in [3.8, 4) is 5.75 Å². The molecule has 2 rings (SSSR count). The first kappa shape index (κ1) is 12.9. The Morgan fingerprint density at radius 1 is 1.28 bits per heavy atom. The van der Waals surface area contributed by atoms with Crippen molar-refractivity contribution >= 4 is 21.7 Å². The summed E-state index contributed by atoms with van der Waals surface area (Å²) in [7, 11) is 0. The second-order valence-corrected chi connectivity index (χ2v) is 4.76. The highest BCUT2D eigenvalue weighted by Gasteiger charge is 1.98. The van der Waals surface area contributed by atoms with Gasteiger partial charge in [-0.3, -0.25) is 0 Å². The SMILES string of the molecule is Cc1cc(OCCNc2ccccn2)ccc1Br. The molecule has 0 radical (unpaired) electrons. The summed E-state index contributed by atoms with van der Waals surface area (Å²) in [5.41, 5.74) is 1.17. The Morgan fingerprint density at radius 2 is 2.17 bits per heavy atom. The smallest absolute Gasteiger partial charge is 0.125 e. The number of hydrogen-bond donors (Lipinski definition) is 1. The summed E-state index contributed by atoms with van der Waals surface area (Å²) in [6.07, 6.45) is 1.77. The predicted octanol–water partition coefficient (Wildman–Crippen LogP) is 3.64. The van der Waals surface area contributed by atoms with Crippen molar-refractivity contribution in [1.29, 1.82) is 0 Å². The third-order valence-electron chi connectivity index (χ3n) is 2.47. The number of aryl methyl sites for hydroxylation is 1. The monoisotopic (exact) mass is 306 g/mol. The highest BCUT2D eigenvalue weighted by atomic mass is 79.9. The van der Waals surface area contributed by atoms with Crippen LogP contribution in [0.4, 0.5) is 5.82 Å². The van der Waals surface area contributed by atoms with Crippen LogP contribution in [-0.2, 0) is 0 Å². The maximum Gasteiger partial charge on any atom is 0.125 e. The molecule has 0 spiro atoms. The molecule has 94 valence electrons. The van der Waals surface area contributed by atoms with Crippen LogP contribution in [-0.4, -0.2) is 18.1 Å². The van der Waals surface area contributed by atoms with Crippen LogP contribution in [0, 0.1) is 6.92 Å². The zero-order valence-corrected chi connectivity index (χ0v) is 11.8. The molecule has 0 fully saturated rings. The molecule has 1 aromatic carbocycles. The van der Waals surface area contributed by atoms with E-state index in [2.05, 4.69) is 26.2 Å². The van der Waals surface area contributed by atoms with E-state index >= 15 is 0 Å². The van der Waals surface area contributed by atoms with Crippen molar-refractivity contribution < 1.29 is 4.74 Å². The minimum absolute atomic E-state index is 0.609. The Morgan fingerprint density at radius 3 is 2.89 bits per heavy atom. The lowest BCUT2D eigenvalue weighted by molar-refractivity contribution is 0.332. The molecule has 0 amide bonds. The average molecular weight is 307 g/mol. The van der Waals surface area contributed by atoms with Gasteiger partial charge < -0.3 is 10.1 Å². The van der Waals surface area contributed by atoms with Crippen LogP contribution in [0.5, 0.6) is 5.75 Å². The predicted molar refractivity (Wildman–Crippen MR) is 77.1 cm³/mol. The number of ether oxygens (including phenoxy) is 1. The summed E-state index contributed by atoms with van der Waals surface area (Å²) >= 11 is 3.47. The van der Waals surface area contributed by atoms with E-state index in [0.29, 0.717) is 6.61 Å². The fourth-order valence-electron chi connectivity index (χ4n) is 1.52. The molecular weight excluding hydrogens is 292 g/mol. The molecule has 3 nitrogen and oxygen atoms in total. The van der Waals surface area contributed by atoms with Crippen LogP contribution in [0.15, 0.2) is 47.1 Å². The molecule has 0 aliphatic heterocycles. The molecule has 2 aromatic rings. The topological polar surface area (TPSA) is 34.1 Å². The fraction of sp³-hybridized carbons (Fsp3) is 0.214. The Labute approximate surface area is 115 Å². The van der Waals surface area contributed by atoms with Gasteiger partial charge in [-0.1, -0.05) is 22.0 Å². The molecule has 0 saturated heterocycles. The molecule has 0 atom stereocenters. The van der Waals surface area contributed by atoms with Gasteiger partial charge in [0.2, 0.25) is 0 Å². The molecule has 0 aliphatic rings. The summed E-state index contributed by atoms with van der Waals surface area (Å²) in [6, 6.07) is 11.8. The van der Waals surface area contributed by atoms with Crippen LogP contribution in [0.2, 0.25) is 0 Å². The summed E-state index contributed by atoms with van der Waals surface area (Å²) in [4.78, 5) is 4.18. The van der Waals surface area contributed by atoms with Gasteiger partial charge in [-0.2, -0.15) is 0 Å². The Balaban J connectivity index is 1.77. The summed E-state index contributed by atoms with van der Waals surface area (Å²) in [5, 5.41) is 3.20. The lowest BCUT2D eigenvalue weighted by Crippen LogP contribution is -2.12. The van der Waals surface area contributed by atoms with Gasteiger partial charge in [-0.15, -0.1) is 0 Å². The molecule has 18 heavy (non-hydrogen) atoms. The molecule has 0 unspecified atom stereocenters. The summed E-state index contributed by atoms with van der Waals surface area (Å²) in [5.74, 6) is 1.76. The zero-order valence-electron chi connectivity index (χ0n) is 10.2. The highest BCUT2D eigenvalue weighted by molar-refractivity contribution is 9.10. The van der Waals surface area contributed by atoms with E-state index < -0.39 is 0 Å². The second-order valence-electron chi connectivity index (χ2n) is 3.90. The standard InChI is InChI=1S/C14H15BrN2O/c1-11-10-12(5-6-13(11)15)18-9-8-17-14-4-2-3-7-16-14/h2-7,10H,8-9H2,1H3,(H,16,17). The van der Waals surface area contributed by atoms with Crippen molar-refractivity contribution in [2.75, 3.05) is 18.5 Å². The van der Waals surface area contributed by atoms with Crippen molar-refractivity contribution in [2.45, 2.75) is 6.92 Å². The number of aromatic nitrogens is 1. The highest BCUT2D eigenvalue weighted by Crippen LogP contribution is 2.21. The maximum absolute atomic E-state index is 5.65.